The first-order valence-electron chi connectivity index (χ1n) is 5.81. The van der Waals surface area contributed by atoms with Gasteiger partial charge in [-0.05, 0) is 19.1 Å². The van der Waals surface area contributed by atoms with Crippen molar-refractivity contribution >= 4 is 48.9 Å². The molecular formula is C13H15BrN2O2S. The van der Waals surface area contributed by atoms with E-state index in [9.17, 15) is 4.79 Å². The summed E-state index contributed by atoms with van der Waals surface area (Å²) in [5.74, 6) is -0.154. The van der Waals surface area contributed by atoms with Crippen molar-refractivity contribution in [2.45, 2.75) is 13.0 Å². The minimum absolute atomic E-state index is 0.0197. The fraction of sp³-hybridized carbons (Fsp3) is 0.308. The number of fused-ring (bicyclic) bond motifs is 1. The number of thiophene rings is 1. The highest BCUT2D eigenvalue weighted by Crippen LogP contribution is 2.35. The van der Waals surface area contributed by atoms with Crippen LogP contribution in [-0.4, -0.2) is 25.7 Å². The second-order valence-corrected chi connectivity index (χ2v) is 6.21. The Morgan fingerprint density at radius 2 is 2.32 bits per heavy atom. The molecule has 2 aromatic rings. The molecule has 0 saturated heterocycles. The number of nitrogens with one attached hydrogen (secondary N) is 1. The Kier molecular flexibility index (Phi) is 4.44. The van der Waals surface area contributed by atoms with Gasteiger partial charge in [0, 0.05) is 28.2 Å². The van der Waals surface area contributed by atoms with Crippen molar-refractivity contribution in [2.75, 3.05) is 19.4 Å². The van der Waals surface area contributed by atoms with Crippen LogP contribution in [0, 0.1) is 0 Å². The summed E-state index contributed by atoms with van der Waals surface area (Å²) >= 11 is 4.81. The molecule has 0 spiro atoms. The molecule has 19 heavy (non-hydrogen) atoms. The van der Waals surface area contributed by atoms with Gasteiger partial charge in [-0.1, -0.05) is 22.0 Å². The number of hydrogen-bond donors (Lipinski definition) is 2. The number of methoxy groups -OCH3 is 1. The molecule has 3 N–H and O–H groups in total. The molecule has 0 saturated carbocycles. The zero-order valence-electron chi connectivity index (χ0n) is 10.7. The average molecular weight is 343 g/mol. The minimum atomic E-state index is -0.154. The highest BCUT2D eigenvalue weighted by molar-refractivity contribution is 9.10. The predicted molar refractivity (Wildman–Crippen MR) is 82.7 cm³/mol. The molecule has 1 unspecified atom stereocenters. The number of benzene rings is 1. The van der Waals surface area contributed by atoms with Crippen molar-refractivity contribution in [3.8, 4) is 0 Å². The number of hydrogen-bond acceptors (Lipinski definition) is 4. The molecule has 0 aliphatic rings. The Morgan fingerprint density at radius 1 is 1.58 bits per heavy atom. The fourth-order valence-corrected chi connectivity index (χ4v) is 3.25. The summed E-state index contributed by atoms with van der Waals surface area (Å²) in [6, 6.07) is 5.80. The van der Waals surface area contributed by atoms with Gasteiger partial charge >= 0.3 is 0 Å². The van der Waals surface area contributed by atoms with E-state index < -0.39 is 0 Å². The van der Waals surface area contributed by atoms with Crippen molar-refractivity contribution in [3.63, 3.8) is 0 Å². The zero-order chi connectivity index (χ0) is 14.0. The molecule has 4 nitrogen and oxygen atoms in total. The van der Waals surface area contributed by atoms with Crippen LogP contribution in [0.1, 0.15) is 16.6 Å². The number of ether oxygens (including phenoxy) is 1. The molecule has 2 rings (SSSR count). The Bertz CT molecular complexity index is 612. The maximum atomic E-state index is 12.1. The fourth-order valence-electron chi connectivity index (χ4n) is 1.66. The van der Waals surface area contributed by atoms with E-state index in [1.165, 1.54) is 11.3 Å². The van der Waals surface area contributed by atoms with Gasteiger partial charge in [0.2, 0.25) is 0 Å². The van der Waals surface area contributed by atoms with E-state index in [2.05, 4.69) is 21.2 Å². The molecule has 1 aromatic carbocycles. The van der Waals surface area contributed by atoms with E-state index in [1.54, 1.807) is 7.11 Å². The highest BCUT2D eigenvalue weighted by Gasteiger charge is 2.16. The van der Waals surface area contributed by atoms with Gasteiger partial charge in [-0.15, -0.1) is 11.3 Å². The molecule has 1 heterocycles. The van der Waals surface area contributed by atoms with Crippen LogP contribution in [0.15, 0.2) is 22.7 Å². The summed E-state index contributed by atoms with van der Waals surface area (Å²) in [4.78, 5) is 12.6. The molecule has 0 fully saturated rings. The van der Waals surface area contributed by atoms with E-state index in [1.807, 2.05) is 25.1 Å². The first-order chi connectivity index (χ1) is 9.02. The van der Waals surface area contributed by atoms with Crippen LogP contribution in [0.5, 0.6) is 0 Å². The molecule has 0 radical (unpaired) electrons. The lowest BCUT2D eigenvalue weighted by Gasteiger charge is -2.10. The average Bonchev–Trinajstić information content (AvgIpc) is 2.72. The SMILES string of the molecule is COC(C)CNC(=O)c1sc2cc(Br)ccc2c1N. The lowest BCUT2D eigenvalue weighted by molar-refractivity contribution is 0.0874. The summed E-state index contributed by atoms with van der Waals surface area (Å²) in [6.45, 7) is 2.36. The van der Waals surface area contributed by atoms with Crippen molar-refractivity contribution < 1.29 is 9.53 Å². The highest BCUT2D eigenvalue weighted by atomic mass is 79.9. The van der Waals surface area contributed by atoms with E-state index in [-0.39, 0.29) is 12.0 Å². The molecule has 0 bridgehead atoms. The van der Waals surface area contributed by atoms with Gasteiger partial charge in [0.05, 0.1) is 11.8 Å². The second-order valence-electron chi connectivity index (χ2n) is 4.24. The van der Waals surface area contributed by atoms with Gasteiger partial charge in [-0.25, -0.2) is 0 Å². The van der Waals surface area contributed by atoms with E-state index >= 15 is 0 Å². The molecule has 0 aliphatic carbocycles. The molecule has 6 heteroatoms. The third-order valence-corrected chi connectivity index (χ3v) is 4.51. The topological polar surface area (TPSA) is 64.3 Å². The lowest BCUT2D eigenvalue weighted by atomic mass is 10.2. The van der Waals surface area contributed by atoms with Crippen LogP contribution in [0.3, 0.4) is 0 Å². The van der Waals surface area contributed by atoms with E-state index in [4.69, 9.17) is 10.5 Å². The number of nitrogens with two attached hydrogens (primary N) is 1. The third kappa shape index (κ3) is 3.08. The maximum Gasteiger partial charge on any atom is 0.263 e. The molecule has 1 aromatic heterocycles. The summed E-state index contributed by atoms with van der Waals surface area (Å²) < 4.78 is 7.06. The summed E-state index contributed by atoms with van der Waals surface area (Å²) in [6.07, 6.45) is -0.0197. The molecule has 102 valence electrons. The Balaban J connectivity index is 2.25. The third-order valence-electron chi connectivity index (χ3n) is 2.85. The van der Waals surface area contributed by atoms with Crippen molar-refractivity contribution in [3.05, 3.63) is 27.5 Å². The number of anilines is 1. The molecular weight excluding hydrogens is 328 g/mol. The first-order valence-corrected chi connectivity index (χ1v) is 7.42. The Hall–Kier alpha value is -1.11. The van der Waals surface area contributed by atoms with Crippen molar-refractivity contribution in [1.82, 2.24) is 5.32 Å². The van der Waals surface area contributed by atoms with Gasteiger partial charge in [-0.2, -0.15) is 0 Å². The quantitative estimate of drug-likeness (QED) is 0.897. The monoisotopic (exact) mass is 342 g/mol. The molecule has 0 aliphatic heterocycles. The van der Waals surface area contributed by atoms with E-state index in [0.29, 0.717) is 17.1 Å². The van der Waals surface area contributed by atoms with E-state index in [0.717, 1.165) is 14.6 Å². The van der Waals surface area contributed by atoms with Crippen molar-refractivity contribution in [1.29, 1.82) is 0 Å². The van der Waals surface area contributed by atoms with Gasteiger partial charge < -0.3 is 15.8 Å². The largest absolute Gasteiger partial charge is 0.397 e. The van der Waals surface area contributed by atoms with Gasteiger partial charge in [-0.3, -0.25) is 4.79 Å². The number of carbonyl (C=O) groups excluding carboxylic acids is 1. The summed E-state index contributed by atoms with van der Waals surface area (Å²) in [7, 11) is 1.61. The van der Waals surface area contributed by atoms with Crippen LogP contribution in [0.2, 0.25) is 0 Å². The summed E-state index contributed by atoms with van der Waals surface area (Å²) in [5, 5.41) is 3.74. The number of carbonyl (C=O) groups is 1. The van der Waals surface area contributed by atoms with Crippen LogP contribution in [-0.2, 0) is 4.74 Å². The molecule has 1 atom stereocenters. The summed E-state index contributed by atoms with van der Waals surface area (Å²) in [5.41, 5.74) is 6.57. The lowest BCUT2D eigenvalue weighted by Crippen LogP contribution is -2.31. The van der Waals surface area contributed by atoms with Gasteiger partial charge in [0.15, 0.2) is 0 Å². The standard InChI is InChI=1S/C13H15BrN2O2S/c1-7(18-2)6-16-13(17)12-11(15)9-4-3-8(14)5-10(9)19-12/h3-5,7H,6,15H2,1-2H3,(H,16,17). The normalized spacial score (nSPS) is 12.6. The van der Waals surface area contributed by atoms with Crippen LogP contribution < -0.4 is 11.1 Å². The van der Waals surface area contributed by atoms with Gasteiger partial charge in [0.25, 0.3) is 5.91 Å². The maximum absolute atomic E-state index is 12.1. The zero-order valence-corrected chi connectivity index (χ0v) is 13.1. The minimum Gasteiger partial charge on any atom is -0.397 e. The first kappa shape index (κ1) is 14.3. The Morgan fingerprint density at radius 3 is 3.00 bits per heavy atom. The smallest absolute Gasteiger partial charge is 0.263 e. The molecule has 1 amide bonds. The number of halogens is 1. The van der Waals surface area contributed by atoms with Crippen LogP contribution in [0.25, 0.3) is 10.1 Å². The Labute approximate surface area is 124 Å². The number of nitrogen functional groups attached to an aromatic ring is 1. The predicted octanol–water partition coefficient (Wildman–Crippen LogP) is 3.01. The van der Waals surface area contributed by atoms with Gasteiger partial charge in [0.1, 0.15) is 4.88 Å². The number of rotatable bonds is 4. The van der Waals surface area contributed by atoms with Crippen LogP contribution >= 0.6 is 27.3 Å². The second kappa shape index (κ2) is 5.90. The van der Waals surface area contributed by atoms with Crippen LogP contribution in [0.4, 0.5) is 5.69 Å². The number of amides is 1. The van der Waals surface area contributed by atoms with Crippen molar-refractivity contribution in [2.24, 2.45) is 0 Å².